The number of aromatic hydroxyl groups is 1. The zero-order valence-electron chi connectivity index (χ0n) is 22.4. The number of phenolic OH excluding ortho intramolecular Hbond substituents is 1. The van der Waals surface area contributed by atoms with Crippen LogP contribution >= 0.6 is 0 Å². The van der Waals surface area contributed by atoms with Crippen LogP contribution in [0.1, 0.15) is 37.3 Å². The summed E-state index contributed by atoms with van der Waals surface area (Å²) in [5.41, 5.74) is 1.59. The molecule has 0 unspecified atom stereocenters. The number of fused-ring (bicyclic) bond motifs is 1. The Morgan fingerprint density at radius 2 is 1.79 bits per heavy atom. The molecular weight excluding hydrogens is 503 g/mol. The third kappa shape index (κ3) is 7.69. The third-order valence-electron chi connectivity index (χ3n) is 7.35. The number of phenols is 1. The number of amides is 3. The molecule has 0 bridgehead atoms. The summed E-state index contributed by atoms with van der Waals surface area (Å²) in [6.45, 7) is 2.63. The second-order valence-corrected chi connectivity index (χ2v) is 10.3. The first-order valence-corrected chi connectivity index (χ1v) is 13.5. The van der Waals surface area contributed by atoms with Gasteiger partial charge < -0.3 is 30.7 Å². The van der Waals surface area contributed by atoms with Crippen LogP contribution in [0.2, 0.25) is 0 Å². The molecule has 210 valence electrons. The average Bonchev–Trinajstić information content (AvgIpc) is 3.76. The molecule has 2 aromatic carbocycles. The highest BCUT2D eigenvalue weighted by molar-refractivity contribution is 5.93. The molecule has 1 saturated carbocycles. The second kappa shape index (κ2) is 12.9. The molecule has 2 aliphatic rings. The molecular formula is C29H37FN4O5. The Kier molecular flexibility index (Phi) is 9.40. The molecule has 1 heterocycles. The predicted molar refractivity (Wildman–Crippen MR) is 144 cm³/mol. The van der Waals surface area contributed by atoms with E-state index in [4.69, 9.17) is 4.74 Å². The van der Waals surface area contributed by atoms with E-state index in [0.29, 0.717) is 31.7 Å². The topological polar surface area (TPSA) is 120 Å². The number of ether oxygens (including phenoxy) is 1. The van der Waals surface area contributed by atoms with Crippen molar-refractivity contribution in [2.75, 3.05) is 26.7 Å². The monoisotopic (exact) mass is 540 g/mol. The van der Waals surface area contributed by atoms with Gasteiger partial charge in [0.15, 0.2) is 0 Å². The fraction of sp³-hybridized carbons (Fsp3) is 0.483. The molecule has 10 heteroatoms. The highest BCUT2D eigenvalue weighted by atomic mass is 19.1. The predicted octanol–water partition coefficient (Wildman–Crippen LogP) is 1.92. The molecule has 4 rings (SSSR count). The Balaban J connectivity index is 1.55. The number of benzene rings is 2. The van der Waals surface area contributed by atoms with Gasteiger partial charge in [0.1, 0.15) is 36.0 Å². The lowest BCUT2D eigenvalue weighted by Gasteiger charge is -2.30. The van der Waals surface area contributed by atoms with Gasteiger partial charge in [0, 0.05) is 32.6 Å². The minimum atomic E-state index is -0.881. The first-order chi connectivity index (χ1) is 18.7. The number of rotatable bonds is 3. The quantitative estimate of drug-likeness (QED) is 0.472. The van der Waals surface area contributed by atoms with Crippen molar-refractivity contribution in [3.8, 4) is 11.5 Å². The van der Waals surface area contributed by atoms with Crippen molar-refractivity contribution < 1.29 is 28.6 Å². The van der Waals surface area contributed by atoms with Gasteiger partial charge in [-0.05, 0) is 67.9 Å². The molecule has 0 saturated heterocycles. The molecule has 39 heavy (non-hydrogen) atoms. The van der Waals surface area contributed by atoms with Crippen LogP contribution in [0.25, 0.3) is 0 Å². The maximum absolute atomic E-state index is 13.9. The first-order valence-electron chi connectivity index (χ1n) is 13.5. The van der Waals surface area contributed by atoms with Crippen molar-refractivity contribution in [1.29, 1.82) is 0 Å². The summed E-state index contributed by atoms with van der Waals surface area (Å²) in [5, 5.41) is 18.6. The summed E-state index contributed by atoms with van der Waals surface area (Å²) in [5.74, 6) is -0.653. The van der Waals surface area contributed by atoms with Crippen LogP contribution in [0.4, 0.5) is 4.39 Å². The number of likely N-dealkylation sites (N-methyl/N-ethyl adjacent to an activating group) is 1. The van der Waals surface area contributed by atoms with E-state index in [1.165, 1.54) is 29.2 Å². The molecule has 3 atom stereocenters. The molecule has 9 nitrogen and oxygen atoms in total. The largest absolute Gasteiger partial charge is 0.508 e. The lowest BCUT2D eigenvalue weighted by Crippen LogP contribution is -2.56. The van der Waals surface area contributed by atoms with Crippen LogP contribution < -0.4 is 20.7 Å². The van der Waals surface area contributed by atoms with E-state index in [2.05, 4.69) is 16.0 Å². The van der Waals surface area contributed by atoms with E-state index >= 15 is 0 Å². The Labute approximate surface area is 228 Å². The molecule has 1 aliphatic carbocycles. The van der Waals surface area contributed by atoms with E-state index in [1.54, 1.807) is 32.2 Å². The standard InChI is InChI=1S/C29H37FN4O5/c1-18-27(36)33-24(16-19-5-11-23(35)12-6-19)28(37)32-13-3-4-20-9-10-22(30)17-25(20)39-15-14-31-26(21-7-8-21)29(38)34(18)2/h5-6,9-12,17-18,21,24,26,31,35H,3-4,7-8,13-16H2,1-2H3,(H,32,37)(H,33,36)/t18-,24-,26+/m1/s1. The van der Waals surface area contributed by atoms with Crippen LogP contribution in [-0.4, -0.2) is 72.6 Å². The molecule has 2 aromatic rings. The lowest BCUT2D eigenvalue weighted by atomic mass is 10.0. The SMILES string of the molecule is C[C@@H]1C(=O)N[C@H](Cc2ccc(O)cc2)C(=O)NCCCc2ccc(F)cc2OCCN[C@@H](C2CC2)C(=O)N1C. The first kappa shape index (κ1) is 28.4. The normalized spacial score (nSPS) is 24.0. The number of carbonyl (C=O) groups is 3. The van der Waals surface area contributed by atoms with Gasteiger partial charge in [0.25, 0.3) is 0 Å². The Hall–Kier alpha value is -3.66. The Morgan fingerprint density at radius 1 is 1.05 bits per heavy atom. The van der Waals surface area contributed by atoms with Gasteiger partial charge in [-0.3, -0.25) is 14.4 Å². The summed E-state index contributed by atoms with van der Waals surface area (Å²) in [7, 11) is 1.59. The summed E-state index contributed by atoms with van der Waals surface area (Å²) >= 11 is 0. The number of nitrogens with one attached hydrogen (secondary N) is 3. The summed E-state index contributed by atoms with van der Waals surface area (Å²) in [4.78, 5) is 41.2. The van der Waals surface area contributed by atoms with Crippen LogP contribution in [0.3, 0.4) is 0 Å². The van der Waals surface area contributed by atoms with E-state index in [0.717, 1.165) is 24.0 Å². The van der Waals surface area contributed by atoms with Gasteiger partial charge in [-0.25, -0.2) is 4.39 Å². The molecule has 3 amide bonds. The maximum Gasteiger partial charge on any atom is 0.243 e. The zero-order valence-corrected chi connectivity index (χ0v) is 22.4. The van der Waals surface area contributed by atoms with E-state index < -0.39 is 29.8 Å². The maximum atomic E-state index is 13.9. The minimum Gasteiger partial charge on any atom is -0.508 e. The average molecular weight is 541 g/mol. The van der Waals surface area contributed by atoms with Crippen LogP contribution in [-0.2, 0) is 27.2 Å². The van der Waals surface area contributed by atoms with Crippen molar-refractivity contribution >= 4 is 17.7 Å². The number of carbonyl (C=O) groups excluding carboxylic acids is 3. The van der Waals surface area contributed by atoms with Crippen molar-refractivity contribution in [2.45, 2.75) is 57.2 Å². The van der Waals surface area contributed by atoms with Gasteiger partial charge >= 0.3 is 0 Å². The van der Waals surface area contributed by atoms with Crippen LogP contribution in [0.15, 0.2) is 42.5 Å². The molecule has 1 fully saturated rings. The highest BCUT2D eigenvalue weighted by Crippen LogP contribution is 2.33. The fourth-order valence-electron chi connectivity index (χ4n) is 4.70. The third-order valence-corrected chi connectivity index (χ3v) is 7.35. The van der Waals surface area contributed by atoms with Crippen molar-refractivity contribution in [1.82, 2.24) is 20.9 Å². The van der Waals surface area contributed by atoms with E-state index in [9.17, 15) is 23.9 Å². The van der Waals surface area contributed by atoms with Gasteiger partial charge in [0.05, 0.1) is 6.04 Å². The number of hydrogen-bond donors (Lipinski definition) is 4. The summed E-state index contributed by atoms with van der Waals surface area (Å²) in [6, 6.07) is 8.71. The Morgan fingerprint density at radius 3 is 2.51 bits per heavy atom. The lowest BCUT2D eigenvalue weighted by molar-refractivity contribution is -0.141. The van der Waals surface area contributed by atoms with Gasteiger partial charge in [-0.15, -0.1) is 0 Å². The van der Waals surface area contributed by atoms with Crippen LogP contribution in [0.5, 0.6) is 11.5 Å². The minimum absolute atomic E-state index is 0.105. The van der Waals surface area contributed by atoms with Crippen molar-refractivity contribution in [2.24, 2.45) is 5.92 Å². The van der Waals surface area contributed by atoms with E-state index in [-0.39, 0.29) is 36.5 Å². The van der Waals surface area contributed by atoms with Gasteiger partial charge in [-0.2, -0.15) is 0 Å². The number of nitrogens with zero attached hydrogens (tertiary/aromatic N) is 1. The van der Waals surface area contributed by atoms with Gasteiger partial charge in [-0.1, -0.05) is 18.2 Å². The fourth-order valence-corrected chi connectivity index (χ4v) is 4.70. The Bertz CT molecular complexity index is 1170. The van der Waals surface area contributed by atoms with Crippen molar-refractivity contribution in [3.63, 3.8) is 0 Å². The molecule has 1 aliphatic heterocycles. The van der Waals surface area contributed by atoms with Crippen molar-refractivity contribution in [3.05, 3.63) is 59.4 Å². The second-order valence-electron chi connectivity index (χ2n) is 10.3. The smallest absolute Gasteiger partial charge is 0.243 e. The number of hydrogen-bond acceptors (Lipinski definition) is 6. The molecule has 4 N–H and O–H groups in total. The van der Waals surface area contributed by atoms with Crippen LogP contribution in [0, 0.1) is 11.7 Å². The molecule has 0 radical (unpaired) electrons. The summed E-state index contributed by atoms with van der Waals surface area (Å²) in [6.07, 6.45) is 3.19. The number of aryl methyl sites for hydroxylation is 1. The highest BCUT2D eigenvalue weighted by Gasteiger charge is 2.39. The van der Waals surface area contributed by atoms with E-state index in [1.807, 2.05) is 0 Å². The summed E-state index contributed by atoms with van der Waals surface area (Å²) < 4.78 is 19.8. The zero-order chi connectivity index (χ0) is 27.9. The molecule has 0 spiro atoms. The number of halogens is 1. The molecule has 0 aromatic heterocycles. The van der Waals surface area contributed by atoms with Gasteiger partial charge in [0.2, 0.25) is 17.7 Å².